The maximum Gasteiger partial charge on any atom is 0.143 e. The Kier molecular flexibility index (Phi) is 11.0. The molecule has 0 bridgehead atoms. The lowest BCUT2D eigenvalue weighted by atomic mass is 9.33. The highest BCUT2D eigenvalue weighted by atomic mass is 14.2. The van der Waals surface area contributed by atoms with Crippen molar-refractivity contribution >= 4 is 6.71 Å². The van der Waals surface area contributed by atoms with Crippen molar-refractivity contribution in [1.29, 1.82) is 0 Å². The Morgan fingerprint density at radius 3 is 1.96 bits per heavy atom. The van der Waals surface area contributed by atoms with E-state index in [9.17, 15) is 0 Å². The van der Waals surface area contributed by atoms with Crippen LogP contribution in [0.3, 0.4) is 0 Å². The maximum atomic E-state index is 3.90. The van der Waals surface area contributed by atoms with Crippen molar-refractivity contribution in [3.05, 3.63) is 12.7 Å². The van der Waals surface area contributed by atoms with Gasteiger partial charge in [-0.1, -0.05) is 127 Å². The summed E-state index contributed by atoms with van der Waals surface area (Å²) in [6.45, 7) is 4.94. The molecule has 2 rings (SSSR count). The van der Waals surface area contributed by atoms with Crippen LogP contribution in [0.1, 0.15) is 109 Å². The fraction of sp³-hybridized carbons (Fsp3) is 0.913. The van der Waals surface area contributed by atoms with E-state index in [0.717, 1.165) is 18.4 Å². The van der Waals surface area contributed by atoms with Crippen LogP contribution in [0.15, 0.2) is 12.7 Å². The number of unbranched alkanes of at least 4 members (excludes halogenated alkanes) is 2. The third-order valence-electron chi connectivity index (χ3n) is 6.96. The molecule has 1 aliphatic carbocycles. The van der Waals surface area contributed by atoms with Crippen LogP contribution in [-0.4, -0.2) is 6.71 Å². The van der Waals surface area contributed by atoms with Gasteiger partial charge in [-0.05, 0) is 12.3 Å². The fourth-order valence-electron chi connectivity index (χ4n) is 5.53. The van der Waals surface area contributed by atoms with E-state index in [1.807, 2.05) is 0 Å². The zero-order valence-electron chi connectivity index (χ0n) is 16.5. The van der Waals surface area contributed by atoms with E-state index in [2.05, 4.69) is 12.7 Å². The summed E-state index contributed by atoms with van der Waals surface area (Å²) in [7, 11) is 0. The van der Waals surface area contributed by atoms with Crippen molar-refractivity contribution in [2.24, 2.45) is 5.92 Å². The molecule has 2 aliphatic rings. The summed E-state index contributed by atoms with van der Waals surface area (Å²) in [5.41, 5.74) is 0. The zero-order valence-corrected chi connectivity index (χ0v) is 16.5. The Morgan fingerprint density at radius 2 is 1.29 bits per heavy atom. The molecule has 0 radical (unpaired) electrons. The molecule has 0 amide bonds. The van der Waals surface area contributed by atoms with E-state index in [1.165, 1.54) is 103 Å². The quantitative estimate of drug-likeness (QED) is 0.261. The molecule has 1 aliphatic heterocycles. The minimum Gasteiger partial charge on any atom is -0.103 e. The highest BCUT2D eigenvalue weighted by Crippen LogP contribution is 2.41. The lowest BCUT2D eigenvalue weighted by molar-refractivity contribution is 0.377. The van der Waals surface area contributed by atoms with Gasteiger partial charge in [0, 0.05) is 0 Å². The second kappa shape index (κ2) is 13.1. The Balaban J connectivity index is 1.96. The van der Waals surface area contributed by atoms with Gasteiger partial charge in [-0.15, -0.1) is 6.58 Å². The first-order chi connectivity index (χ1) is 11.9. The number of hydrogen-bond donors (Lipinski definition) is 0. The van der Waals surface area contributed by atoms with E-state index < -0.39 is 0 Å². The van der Waals surface area contributed by atoms with Crippen molar-refractivity contribution in [3.8, 4) is 0 Å². The molecule has 24 heavy (non-hydrogen) atoms. The molecule has 2 fully saturated rings. The molecule has 1 atom stereocenters. The van der Waals surface area contributed by atoms with Crippen LogP contribution < -0.4 is 0 Å². The number of allylic oxidation sites excluding steroid dienone is 1. The predicted molar refractivity (Wildman–Crippen MR) is 111 cm³/mol. The molecule has 0 N–H and O–H groups in total. The van der Waals surface area contributed by atoms with Gasteiger partial charge < -0.3 is 0 Å². The molecule has 1 unspecified atom stereocenters. The lowest BCUT2D eigenvalue weighted by Crippen LogP contribution is -2.27. The van der Waals surface area contributed by atoms with Gasteiger partial charge in [0.05, 0.1) is 0 Å². The Labute approximate surface area is 153 Å². The average molecular weight is 330 g/mol. The second-order valence-electron chi connectivity index (χ2n) is 8.80. The molecular formula is C23H43B. The average Bonchev–Trinajstić information content (AvgIpc) is 2.80. The van der Waals surface area contributed by atoms with Gasteiger partial charge >= 0.3 is 0 Å². The molecule has 1 saturated carbocycles. The van der Waals surface area contributed by atoms with Gasteiger partial charge in [0.15, 0.2) is 0 Å². The van der Waals surface area contributed by atoms with E-state index in [1.54, 1.807) is 19.3 Å². The van der Waals surface area contributed by atoms with Crippen LogP contribution in [0.25, 0.3) is 0 Å². The van der Waals surface area contributed by atoms with Crippen LogP contribution in [0.4, 0.5) is 0 Å². The van der Waals surface area contributed by atoms with Crippen LogP contribution >= 0.6 is 0 Å². The predicted octanol–water partition coefficient (Wildman–Crippen LogP) is 8.31. The van der Waals surface area contributed by atoms with Crippen molar-refractivity contribution in [3.63, 3.8) is 0 Å². The normalized spacial score (nSPS) is 25.7. The van der Waals surface area contributed by atoms with Gasteiger partial charge in [0.25, 0.3) is 0 Å². The second-order valence-corrected chi connectivity index (χ2v) is 8.80. The first kappa shape index (κ1) is 20.1. The van der Waals surface area contributed by atoms with Crippen molar-refractivity contribution in [2.45, 2.75) is 128 Å². The van der Waals surface area contributed by atoms with Crippen LogP contribution in [0, 0.1) is 5.92 Å². The first-order valence-corrected chi connectivity index (χ1v) is 11.5. The molecule has 138 valence electrons. The summed E-state index contributed by atoms with van der Waals surface area (Å²) < 4.78 is 0. The number of hydrogen-bond acceptors (Lipinski definition) is 0. The Hall–Kier alpha value is -0.195. The summed E-state index contributed by atoms with van der Waals surface area (Å²) in [6, 6.07) is 0. The minimum absolute atomic E-state index is 1.04. The van der Waals surface area contributed by atoms with Crippen LogP contribution in [0.5, 0.6) is 0 Å². The first-order valence-electron chi connectivity index (χ1n) is 11.5. The van der Waals surface area contributed by atoms with E-state index in [4.69, 9.17) is 0 Å². The van der Waals surface area contributed by atoms with Gasteiger partial charge in [0.1, 0.15) is 6.71 Å². The zero-order chi connectivity index (χ0) is 16.9. The Morgan fingerprint density at radius 1 is 0.708 bits per heavy atom. The van der Waals surface area contributed by atoms with E-state index >= 15 is 0 Å². The topological polar surface area (TPSA) is 0 Å². The maximum absolute atomic E-state index is 3.90. The molecule has 1 heteroatoms. The summed E-state index contributed by atoms with van der Waals surface area (Å²) >= 11 is 0. The van der Waals surface area contributed by atoms with Gasteiger partial charge in [0.2, 0.25) is 0 Å². The molecule has 0 aromatic carbocycles. The van der Waals surface area contributed by atoms with Gasteiger partial charge in [-0.3, -0.25) is 0 Å². The largest absolute Gasteiger partial charge is 0.143 e. The van der Waals surface area contributed by atoms with Gasteiger partial charge in [-0.25, -0.2) is 0 Å². The van der Waals surface area contributed by atoms with Crippen molar-refractivity contribution in [1.82, 2.24) is 0 Å². The number of rotatable bonds is 6. The Bertz CT molecular complexity index is 301. The molecule has 0 spiro atoms. The summed E-state index contributed by atoms with van der Waals surface area (Å²) in [5.74, 6) is 2.12. The SMILES string of the molecule is C=CCCCCB1CCCCCCCC1C1CCCCCCCC1. The fourth-order valence-corrected chi connectivity index (χ4v) is 5.53. The minimum atomic E-state index is 1.04. The van der Waals surface area contributed by atoms with E-state index in [-0.39, 0.29) is 0 Å². The summed E-state index contributed by atoms with van der Waals surface area (Å²) in [4.78, 5) is 0. The summed E-state index contributed by atoms with van der Waals surface area (Å²) in [5, 5.41) is 0. The van der Waals surface area contributed by atoms with Gasteiger partial charge in [-0.2, -0.15) is 0 Å². The van der Waals surface area contributed by atoms with Crippen LogP contribution in [-0.2, 0) is 0 Å². The standard InChI is InChI=1S/C23H43B/c1-2-3-4-15-20-24-21-16-11-7-10-14-19-23(24)22-17-12-8-5-6-9-13-18-22/h2,22-23H,1,3-21H2. The lowest BCUT2D eigenvalue weighted by Gasteiger charge is -2.32. The smallest absolute Gasteiger partial charge is 0.103 e. The van der Waals surface area contributed by atoms with Crippen LogP contribution in [0.2, 0.25) is 18.5 Å². The highest BCUT2D eigenvalue weighted by Gasteiger charge is 2.31. The molecule has 0 aromatic rings. The molecule has 0 nitrogen and oxygen atoms in total. The molecule has 1 heterocycles. The van der Waals surface area contributed by atoms with Crippen molar-refractivity contribution < 1.29 is 0 Å². The monoisotopic (exact) mass is 330 g/mol. The third-order valence-corrected chi connectivity index (χ3v) is 6.96. The van der Waals surface area contributed by atoms with E-state index in [0.29, 0.717) is 0 Å². The highest BCUT2D eigenvalue weighted by molar-refractivity contribution is 6.60. The molecule has 1 saturated heterocycles. The summed E-state index contributed by atoms with van der Waals surface area (Å²) in [6.07, 6.45) is 30.4. The third kappa shape index (κ3) is 7.79. The molecule has 0 aromatic heterocycles. The molecular weight excluding hydrogens is 287 g/mol. The van der Waals surface area contributed by atoms with Crippen molar-refractivity contribution in [2.75, 3.05) is 0 Å².